The Labute approximate surface area is 120 Å². The lowest BCUT2D eigenvalue weighted by Crippen LogP contribution is -2.36. The smallest absolute Gasteiger partial charge is 0.0907 e. The van der Waals surface area contributed by atoms with Crippen molar-refractivity contribution in [2.75, 3.05) is 5.32 Å². The van der Waals surface area contributed by atoms with Crippen LogP contribution in [0.1, 0.15) is 40.0 Å². The molecule has 0 saturated heterocycles. The van der Waals surface area contributed by atoms with Crippen molar-refractivity contribution in [1.82, 2.24) is 9.97 Å². The number of hydrogen-bond donors (Lipinski definition) is 1. The van der Waals surface area contributed by atoms with Gasteiger partial charge in [-0.3, -0.25) is 9.97 Å². The number of hydrogen-bond acceptors (Lipinski definition) is 3. The molecule has 1 aromatic carbocycles. The SMILES string of the molecule is CC1CC(C)(C)CCC1Nc1ccc2nccnc2c1. The Morgan fingerprint density at radius 3 is 2.65 bits per heavy atom. The van der Waals surface area contributed by atoms with Gasteiger partial charge in [-0.15, -0.1) is 0 Å². The number of nitrogens with one attached hydrogen (secondary N) is 1. The van der Waals surface area contributed by atoms with Crippen molar-refractivity contribution in [3.63, 3.8) is 0 Å². The fourth-order valence-electron chi connectivity index (χ4n) is 3.43. The third kappa shape index (κ3) is 2.77. The summed E-state index contributed by atoms with van der Waals surface area (Å²) in [7, 11) is 0. The van der Waals surface area contributed by atoms with E-state index < -0.39 is 0 Å². The summed E-state index contributed by atoms with van der Waals surface area (Å²) in [4.78, 5) is 8.69. The van der Waals surface area contributed by atoms with Crippen molar-refractivity contribution >= 4 is 16.7 Å². The van der Waals surface area contributed by atoms with E-state index in [4.69, 9.17) is 0 Å². The molecule has 106 valence electrons. The molecule has 1 aliphatic carbocycles. The molecule has 1 saturated carbocycles. The van der Waals surface area contributed by atoms with Crippen LogP contribution in [0.2, 0.25) is 0 Å². The molecule has 1 aliphatic rings. The van der Waals surface area contributed by atoms with Crippen LogP contribution in [0.25, 0.3) is 11.0 Å². The molecule has 0 amide bonds. The normalized spacial score (nSPS) is 25.6. The van der Waals surface area contributed by atoms with Gasteiger partial charge in [0.25, 0.3) is 0 Å². The van der Waals surface area contributed by atoms with Gasteiger partial charge in [-0.2, -0.15) is 0 Å². The van der Waals surface area contributed by atoms with Crippen LogP contribution in [-0.4, -0.2) is 16.0 Å². The Bertz CT molecular complexity index is 606. The third-order valence-corrected chi connectivity index (χ3v) is 4.51. The molecule has 1 heterocycles. The first-order valence-electron chi connectivity index (χ1n) is 7.51. The number of nitrogens with zero attached hydrogens (tertiary/aromatic N) is 2. The van der Waals surface area contributed by atoms with Crippen molar-refractivity contribution in [3.8, 4) is 0 Å². The number of aromatic nitrogens is 2. The molecule has 0 bridgehead atoms. The summed E-state index contributed by atoms with van der Waals surface area (Å²) in [5, 5.41) is 3.69. The highest BCUT2D eigenvalue weighted by molar-refractivity contribution is 5.78. The third-order valence-electron chi connectivity index (χ3n) is 4.51. The second kappa shape index (κ2) is 5.04. The van der Waals surface area contributed by atoms with E-state index in [2.05, 4.69) is 48.2 Å². The molecular weight excluding hydrogens is 246 g/mol. The molecule has 0 radical (unpaired) electrons. The Morgan fingerprint density at radius 1 is 1.15 bits per heavy atom. The summed E-state index contributed by atoms with van der Waals surface area (Å²) in [5.74, 6) is 0.705. The Morgan fingerprint density at radius 2 is 1.90 bits per heavy atom. The van der Waals surface area contributed by atoms with Crippen LogP contribution in [-0.2, 0) is 0 Å². The first-order valence-corrected chi connectivity index (χ1v) is 7.51. The van der Waals surface area contributed by atoms with E-state index in [1.165, 1.54) is 19.3 Å². The number of benzene rings is 1. The van der Waals surface area contributed by atoms with Gasteiger partial charge in [-0.05, 0) is 48.8 Å². The maximum absolute atomic E-state index is 4.37. The van der Waals surface area contributed by atoms with Gasteiger partial charge in [-0.25, -0.2) is 0 Å². The summed E-state index contributed by atoms with van der Waals surface area (Å²) in [6.45, 7) is 7.12. The van der Waals surface area contributed by atoms with E-state index in [0.29, 0.717) is 17.4 Å². The monoisotopic (exact) mass is 269 g/mol. The molecule has 0 aliphatic heterocycles. The van der Waals surface area contributed by atoms with Crippen molar-refractivity contribution in [2.45, 2.75) is 46.1 Å². The molecule has 2 unspecified atom stereocenters. The van der Waals surface area contributed by atoms with Crippen LogP contribution in [0.3, 0.4) is 0 Å². The van der Waals surface area contributed by atoms with Gasteiger partial charge in [0.1, 0.15) is 0 Å². The van der Waals surface area contributed by atoms with Crippen molar-refractivity contribution < 1.29 is 0 Å². The first-order chi connectivity index (χ1) is 9.53. The predicted octanol–water partition coefficient (Wildman–Crippen LogP) is 4.26. The summed E-state index contributed by atoms with van der Waals surface area (Å²) < 4.78 is 0. The van der Waals surface area contributed by atoms with E-state index in [1.54, 1.807) is 12.4 Å². The topological polar surface area (TPSA) is 37.8 Å². The quantitative estimate of drug-likeness (QED) is 0.885. The summed E-state index contributed by atoms with van der Waals surface area (Å²) in [5.41, 5.74) is 3.57. The van der Waals surface area contributed by atoms with Gasteiger partial charge in [0.2, 0.25) is 0 Å². The van der Waals surface area contributed by atoms with E-state index in [1.807, 2.05) is 6.07 Å². The van der Waals surface area contributed by atoms with Crippen LogP contribution < -0.4 is 5.32 Å². The minimum atomic E-state index is 0.493. The largest absolute Gasteiger partial charge is 0.382 e. The zero-order chi connectivity index (χ0) is 14.2. The summed E-state index contributed by atoms with van der Waals surface area (Å²) in [6, 6.07) is 6.83. The lowest BCUT2D eigenvalue weighted by molar-refractivity contribution is 0.177. The highest BCUT2D eigenvalue weighted by Crippen LogP contribution is 2.39. The number of fused-ring (bicyclic) bond motifs is 1. The Kier molecular flexibility index (Phi) is 3.36. The average molecular weight is 269 g/mol. The molecule has 1 N–H and O–H groups in total. The standard InChI is InChI=1S/C17H23N3/c1-12-11-17(2,3)7-6-14(12)20-13-4-5-15-16(10-13)19-9-8-18-15/h4-5,8-10,12,14,20H,6-7,11H2,1-3H3. The van der Waals surface area contributed by atoms with Gasteiger partial charge in [0.15, 0.2) is 0 Å². The minimum Gasteiger partial charge on any atom is -0.382 e. The average Bonchev–Trinajstić information content (AvgIpc) is 2.41. The van der Waals surface area contributed by atoms with E-state index in [9.17, 15) is 0 Å². The first kappa shape index (κ1) is 13.3. The lowest BCUT2D eigenvalue weighted by Gasteiger charge is -2.40. The van der Waals surface area contributed by atoms with E-state index in [0.717, 1.165) is 16.7 Å². The molecule has 20 heavy (non-hydrogen) atoms. The van der Waals surface area contributed by atoms with Crippen LogP contribution in [0.4, 0.5) is 5.69 Å². The molecule has 2 atom stereocenters. The highest BCUT2D eigenvalue weighted by atomic mass is 14.9. The van der Waals surface area contributed by atoms with Gasteiger partial charge in [-0.1, -0.05) is 20.8 Å². The van der Waals surface area contributed by atoms with Crippen molar-refractivity contribution in [1.29, 1.82) is 0 Å². The van der Waals surface area contributed by atoms with Gasteiger partial charge in [0.05, 0.1) is 11.0 Å². The minimum absolute atomic E-state index is 0.493. The van der Waals surface area contributed by atoms with Crippen molar-refractivity contribution in [2.24, 2.45) is 11.3 Å². The number of rotatable bonds is 2. The van der Waals surface area contributed by atoms with Crippen LogP contribution in [0.15, 0.2) is 30.6 Å². The van der Waals surface area contributed by atoms with Crippen LogP contribution >= 0.6 is 0 Å². The molecule has 2 aromatic rings. The molecule has 3 nitrogen and oxygen atoms in total. The Hall–Kier alpha value is -1.64. The maximum atomic E-state index is 4.37. The molecule has 0 spiro atoms. The fourth-order valence-corrected chi connectivity index (χ4v) is 3.43. The number of anilines is 1. The van der Waals surface area contributed by atoms with Crippen molar-refractivity contribution in [3.05, 3.63) is 30.6 Å². The maximum Gasteiger partial charge on any atom is 0.0907 e. The lowest BCUT2D eigenvalue weighted by atomic mass is 9.70. The summed E-state index contributed by atoms with van der Waals surface area (Å²) in [6.07, 6.45) is 7.31. The molecule has 1 aromatic heterocycles. The van der Waals surface area contributed by atoms with Crippen LogP contribution in [0.5, 0.6) is 0 Å². The Balaban J connectivity index is 1.76. The second-order valence-corrected chi connectivity index (χ2v) is 6.89. The zero-order valence-electron chi connectivity index (χ0n) is 12.6. The highest BCUT2D eigenvalue weighted by Gasteiger charge is 2.32. The van der Waals surface area contributed by atoms with Gasteiger partial charge >= 0.3 is 0 Å². The molecular formula is C17H23N3. The predicted molar refractivity (Wildman–Crippen MR) is 83.7 cm³/mol. The van der Waals surface area contributed by atoms with Gasteiger partial charge < -0.3 is 5.32 Å². The zero-order valence-corrected chi connectivity index (χ0v) is 12.6. The van der Waals surface area contributed by atoms with Gasteiger partial charge in [0, 0.05) is 24.1 Å². The van der Waals surface area contributed by atoms with E-state index in [-0.39, 0.29) is 0 Å². The second-order valence-electron chi connectivity index (χ2n) is 6.89. The van der Waals surface area contributed by atoms with E-state index >= 15 is 0 Å². The van der Waals surface area contributed by atoms with Crippen LogP contribution in [0, 0.1) is 11.3 Å². The summed E-state index contributed by atoms with van der Waals surface area (Å²) >= 11 is 0. The molecule has 1 fully saturated rings. The fraction of sp³-hybridized carbons (Fsp3) is 0.529. The molecule has 3 rings (SSSR count). The molecule has 3 heteroatoms.